The lowest BCUT2D eigenvalue weighted by atomic mass is 9.91. The fraction of sp³-hybridized carbons (Fsp3) is 0.235. The highest BCUT2D eigenvalue weighted by atomic mass is 16.4. The molecule has 0 heterocycles. The van der Waals surface area contributed by atoms with Gasteiger partial charge >= 0.3 is 5.97 Å². The van der Waals surface area contributed by atoms with Gasteiger partial charge in [-0.1, -0.05) is 42.5 Å². The summed E-state index contributed by atoms with van der Waals surface area (Å²) in [5.41, 5.74) is 2.93. The third-order valence-electron chi connectivity index (χ3n) is 4.10. The first-order chi connectivity index (χ1) is 9.63. The van der Waals surface area contributed by atoms with Crippen molar-refractivity contribution in [1.29, 1.82) is 0 Å². The van der Waals surface area contributed by atoms with Crippen molar-refractivity contribution in [2.24, 2.45) is 0 Å². The average molecular weight is 267 g/mol. The van der Waals surface area contributed by atoms with E-state index in [0.717, 1.165) is 28.8 Å². The van der Waals surface area contributed by atoms with Crippen LogP contribution in [-0.2, 0) is 16.8 Å². The summed E-state index contributed by atoms with van der Waals surface area (Å²) >= 11 is 0. The number of anilines is 1. The van der Waals surface area contributed by atoms with Crippen LogP contribution in [0.15, 0.2) is 48.5 Å². The molecule has 0 bridgehead atoms. The van der Waals surface area contributed by atoms with Gasteiger partial charge in [0.2, 0.25) is 0 Å². The van der Waals surface area contributed by atoms with Crippen molar-refractivity contribution >= 4 is 11.7 Å². The second-order valence-electron chi connectivity index (χ2n) is 5.31. The van der Waals surface area contributed by atoms with E-state index >= 15 is 0 Å². The van der Waals surface area contributed by atoms with Crippen LogP contribution in [0.1, 0.15) is 23.1 Å². The van der Waals surface area contributed by atoms with Gasteiger partial charge in [0.15, 0.2) is 5.54 Å². The molecule has 0 radical (unpaired) electrons. The highest BCUT2D eigenvalue weighted by Gasteiger charge is 2.45. The Morgan fingerprint density at radius 3 is 2.60 bits per heavy atom. The maximum atomic E-state index is 11.9. The van der Waals surface area contributed by atoms with Gasteiger partial charge in [0, 0.05) is 5.69 Å². The maximum Gasteiger partial charge on any atom is 0.334 e. The van der Waals surface area contributed by atoms with E-state index in [-0.39, 0.29) is 0 Å². The summed E-state index contributed by atoms with van der Waals surface area (Å²) in [5, 5.41) is 13.1. The monoisotopic (exact) mass is 267 g/mol. The third kappa shape index (κ3) is 1.86. The van der Waals surface area contributed by atoms with Gasteiger partial charge in [-0.15, -0.1) is 0 Å². The largest absolute Gasteiger partial charge is 0.479 e. The predicted molar refractivity (Wildman–Crippen MR) is 78.9 cm³/mol. The molecule has 3 rings (SSSR count). The van der Waals surface area contributed by atoms with Gasteiger partial charge in [-0.05, 0) is 42.5 Å². The summed E-state index contributed by atoms with van der Waals surface area (Å²) in [6.07, 6.45) is 1.37. The number of fused-ring (bicyclic) bond motifs is 1. The standard InChI is InChI=1S/C17H17NO2/c1-12-6-2-5-9-15(12)18-17(16(19)20)11-10-13-7-3-4-8-14(13)17/h2-9,18H,10-11H2,1H3,(H,19,20). The summed E-state index contributed by atoms with van der Waals surface area (Å²) in [6.45, 7) is 1.98. The topological polar surface area (TPSA) is 49.3 Å². The van der Waals surface area contributed by atoms with E-state index in [9.17, 15) is 9.90 Å². The van der Waals surface area contributed by atoms with Crippen LogP contribution in [0.5, 0.6) is 0 Å². The van der Waals surface area contributed by atoms with E-state index in [1.807, 2.05) is 55.5 Å². The molecule has 0 amide bonds. The molecule has 3 nitrogen and oxygen atoms in total. The van der Waals surface area contributed by atoms with Crippen molar-refractivity contribution in [2.75, 3.05) is 5.32 Å². The summed E-state index contributed by atoms with van der Waals surface area (Å²) < 4.78 is 0. The van der Waals surface area contributed by atoms with Gasteiger partial charge in [-0.25, -0.2) is 4.79 Å². The van der Waals surface area contributed by atoms with E-state index in [1.54, 1.807) is 0 Å². The van der Waals surface area contributed by atoms with Crippen molar-refractivity contribution in [3.05, 3.63) is 65.2 Å². The normalized spacial score (nSPS) is 20.4. The molecule has 3 heteroatoms. The minimum atomic E-state index is -1.01. The quantitative estimate of drug-likeness (QED) is 0.896. The summed E-state index contributed by atoms with van der Waals surface area (Å²) in [7, 11) is 0. The third-order valence-corrected chi connectivity index (χ3v) is 4.10. The zero-order chi connectivity index (χ0) is 14.2. The van der Waals surface area contributed by atoms with Gasteiger partial charge in [0.05, 0.1) is 0 Å². The van der Waals surface area contributed by atoms with Crippen molar-refractivity contribution in [3.8, 4) is 0 Å². The number of aliphatic carboxylic acids is 1. The van der Waals surface area contributed by atoms with Crippen LogP contribution in [0.25, 0.3) is 0 Å². The highest BCUT2D eigenvalue weighted by Crippen LogP contribution is 2.40. The first-order valence-electron chi connectivity index (χ1n) is 6.79. The summed E-state index contributed by atoms with van der Waals surface area (Å²) in [5.74, 6) is -0.814. The van der Waals surface area contributed by atoms with Crippen LogP contribution in [-0.4, -0.2) is 11.1 Å². The second-order valence-corrected chi connectivity index (χ2v) is 5.31. The molecule has 1 atom stereocenters. The van der Waals surface area contributed by atoms with E-state index in [0.29, 0.717) is 6.42 Å². The molecule has 0 aromatic heterocycles. The lowest BCUT2D eigenvalue weighted by molar-refractivity contribution is -0.142. The molecule has 20 heavy (non-hydrogen) atoms. The van der Waals surface area contributed by atoms with Crippen molar-refractivity contribution in [2.45, 2.75) is 25.3 Å². The molecule has 0 saturated heterocycles. The molecule has 0 aliphatic heterocycles. The van der Waals surface area contributed by atoms with Gasteiger partial charge in [0.25, 0.3) is 0 Å². The van der Waals surface area contributed by atoms with Gasteiger partial charge < -0.3 is 10.4 Å². The molecule has 0 spiro atoms. The summed E-state index contributed by atoms with van der Waals surface area (Å²) in [6, 6.07) is 15.6. The first kappa shape index (κ1) is 12.7. The highest BCUT2D eigenvalue weighted by molar-refractivity contribution is 5.86. The van der Waals surface area contributed by atoms with Crippen LogP contribution < -0.4 is 5.32 Å². The lowest BCUT2D eigenvalue weighted by Gasteiger charge is -2.29. The Morgan fingerprint density at radius 1 is 1.15 bits per heavy atom. The SMILES string of the molecule is Cc1ccccc1NC1(C(=O)O)CCc2ccccc21. The smallest absolute Gasteiger partial charge is 0.334 e. The molecule has 102 valence electrons. The van der Waals surface area contributed by atoms with E-state index in [4.69, 9.17) is 0 Å². The van der Waals surface area contributed by atoms with Crippen LogP contribution in [0.4, 0.5) is 5.69 Å². The fourth-order valence-corrected chi connectivity index (χ4v) is 2.96. The number of hydrogen-bond donors (Lipinski definition) is 2. The average Bonchev–Trinajstić information content (AvgIpc) is 2.82. The number of carboxylic acids is 1. The number of nitrogens with one attached hydrogen (secondary N) is 1. The van der Waals surface area contributed by atoms with Crippen molar-refractivity contribution in [3.63, 3.8) is 0 Å². The van der Waals surface area contributed by atoms with Crippen LogP contribution >= 0.6 is 0 Å². The van der Waals surface area contributed by atoms with Gasteiger partial charge in [0.1, 0.15) is 0 Å². The van der Waals surface area contributed by atoms with E-state index < -0.39 is 11.5 Å². The molecule has 0 fully saturated rings. The Bertz CT molecular complexity index is 666. The zero-order valence-corrected chi connectivity index (χ0v) is 11.4. The predicted octanol–water partition coefficient (Wildman–Crippen LogP) is 3.33. The number of carboxylic acid groups (broad SMARTS) is 1. The number of carbonyl (C=O) groups is 1. The lowest BCUT2D eigenvalue weighted by Crippen LogP contribution is -2.41. The molecule has 1 aliphatic carbocycles. The molecule has 0 saturated carbocycles. The van der Waals surface area contributed by atoms with Crippen molar-refractivity contribution in [1.82, 2.24) is 0 Å². The van der Waals surface area contributed by atoms with E-state index in [1.165, 1.54) is 0 Å². The number of rotatable bonds is 3. The minimum absolute atomic E-state index is 0.579. The minimum Gasteiger partial charge on any atom is -0.479 e. The molecular formula is C17H17NO2. The van der Waals surface area contributed by atoms with E-state index in [2.05, 4.69) is 5.32 Å². The molecular weight excluding hydrogens is 250 g/mol. The Morgan fingerprint density at radius 2 is 1.85 bits per heavy atom. The van der Waals surface area contributed by atoms with Crippen LogP contribution in [0, 0.1) is 6.92 Å². The Kier molecular flexibility index (Phi) is 2.97. The van der Waals surface area contributed by atoms with Gasteiger partial charge in [-0.3, -0.25) is 0 Å². The zero-order valence-electron chi connectivity index (χ0n) is 11.4. The molecule has 1 aliphatic rings. The molecule has 1 unspecified atom stereocenters. The number of hydrogen-bond acceptors (Lipinski definition) is 2. The van der Waals surface area contributed by atoms with Crippen LogP contribution in [0.2, 0.25) is 0 Å². The molecule has 2 aromatic rings. The number of benzene rings is 2. The summed E-state index contributed by atoms with van der Waals surface area (Å²) in [4.78, 5) is 11.9. The number of para-hydroxylation sites is 1. The van der Waals surface area contributed by atoms with Crippen LogP contribution in [0.3, 0.4) is 0 Å². The first-order valence-corrected chi connectivity index (χ1v) is 6.79. The Labute approximate surface area is 118 Å². The Balaban J connectivity index is 2.08. The van der Waals surface area contributed by atoms with Gasteiger partial charge in [-0.2, -0.15) is 0 Å². The maximum absolute atomic E-state index is 11.9. The molecule has 2 aromatic carbocycles. The molecule has 2 N–H and O–H groups in total. The second kappa shape index (κ2) is 4.67. The van der Waals surface area contributed by atoms with Crippen molar-refractivity contribution < 1.29 is 9.90 Å². The Hall–Kier alpha value is -2.29. The fourth-order valence-electron chi connectivity index (χ4n) is 2.96. The number of aryl methyl sites for hydroxylation is 2.